The number of nitrogens with two attached hydrogens (primary N) is 1. The topological polar surface area (TPSA) is 84.7 Å². The third-order valence-corrected chi connectivity index (χ3v) is 7.44. The summed E-state index contributed by atoms with van der Waals surface area (Å²) in [5.74, 6) is 1.69. The van der Waals surface area contributed by atoms with E-state index in [-0.39, 0.29) is 18.2 Å². The molecule has 1 saturated heterocycles. The lowest BCUT2D eigenvalue weighted by molar-refractivity contribution is -0.119. The summed E-state index contributed by atoms with van der Waals surface area (Å²) in [6, 6.07) is 10.3. The highest BCUT2D eigenvalue weighted by Gasteiger charge is 2.11. The molecule has 0 saturated carbocycles. The summed E-state index contributed by atoms with van der Waals surface area (Å²) in [5, 5.41) is 4.90. The number of ether oxygens (including phenoxy) is 1. The third-order valence-electron chi connectivity index (χ3n) is 5.33. The summed E-state index contributed by atoms with van der Waals surface area (Å²) in [6.07, 6.45) is 4.96. The molecule has 2 aromatic rings. The fourth-order valence-corrected chi connectivity index (χ4v) is 5.70. The first kappa shape index (κ1) is 24.6. The lowest BCUT2D eigenvalue weighted by atomic mass is 10.1. The Balaban J connectivity index is 1.27. The third kappa shape index (κ3) is 8.84. The van der Waals surface area contributed by atoms with Crippen molar-refractivity contribution in [2.45, 2.75) is 44.4 Å². The Bertz CT molecular complexity index is 866. The fraction of sp³-hybridized carbons (Fsp3) is 0.500. The molecule has 1 aliphatic heterocycles. The first-order valence-electron chi connectivity index (χ1n) is 11.2. The van der Waals surface area contributed by atoms with Crippen LogP contribution >= 0.6 is 23.1 Å². The molecule has 0 atom stereocenters. The maximum absolute atomic E-state index is 12.1. The first-order valence-corrected chi connectivity index (χ1v) is 13.3. The standard InChI is InChI=1S/C24H33N3O3S2/c25-23(28)15-20-8-13-32-22(20)17-31-18-24(29)26-9-5-12-30-21-7-4-6-19(14-21)16-27-10-2-1-3-11-27/h4,6-8,13-14H,1-3,5,9-12,15-18H2,(H2,25,28)(H,26,29). The summed E-state index contributed by atoms with van der Waals surface area (Å²) in [6.45, 7) is 4.53. The van der Waals surface area contributed by atoms with Crippen molar-refractivity contribution in [2.24, 2.45) is 5.73 Å². The molecule has 3 rings (SSSR count). The monoisotopic (exact) mass is 475 g/mol. The number of likely N-dealkylation sites (tertiary alicyclic amines) is 1. The van der Waals surface area contributed by atoms with Crippen LogP contribution in [0.2, 0.25) is 0 Å². The Kier molecular flexibility index (Phi) is 10.4. The van der Waals surface area contributed by atoms with Crippen LogP contribution in [0.1, 0.15) is 41.7 Å². The molecule has 0 radical (unpaired) electrons. The zero-order chi connectivity index (χ0) is 22.6. The van der Waals surface area contributed by atoms with Crippen molar-refractivity contribution in [2.75, 3.05) is 32.0 Å². The van der Waals surface area contributed by atoms with Gasteiger partial charge in [0.2, 0.25) is 11.8 Å². The smallest absolute Gasteiger partial charge is 0.230 e. The van der Waals surface area contributed by atoms with Gasteiger partial charge in [-0.2, -0.15) is 0 Å². The van der Waals surface area contributed by atoms with E-state index in [2.05, 4.69) is 28.4 Å². The largest absolute Gasteiger partial charge is 0.494 e. The predicted molar refractivity (Wildman–Crippen MR) is 132 cm³/mol. The highest BCUT2D eigenvalue weighted by Crippen LogP contribution is 2.23. The fourth-order valence-electron chi connectivity index (χ4n) is 3.73. The maximum atomic E-state index is 12.1. The zero-order valence-corrected chi connectivity index (χ0v) is 20.1. The number of piperidine rings is 1. The van der Waals surface area contributed by atoms with E-state index in [1.807, 2.05) is 17.5 Å². The van der Waals surface area contributed by atoms with Gasteiger partial charge in [0, 0.05) is 23.7 Å². The van der Waals surface area contributed by atoms with Crippen LogP contribution in [-0.4, -0.2) is 48.7 Å². The summed E-state index contributed by atoms with van der Waals surface area (Å²) in [5.41, 5.74) is 7.53. The number of carbonyl (C=O) groups excluding carboxylic acids is 2. The molecular weight excluding hydrogens is 442 g/mol. The lowest BCUT2D eigenvalue weighted by Gasteiger charge is -2.26. The van der Waals surface area contributed by atoms with Crippen LogP contribution in [0.5, 0.6) is 5.75 Å². The van der Waals surface area contributed by atoms with Gasteiger partial charge in [0.25, 0.3) is 0 Å². The van der Waals surface area contributed by atoms with Crippen LogP contribution in [0, 0.1) is 0 Å². The quantitative estimate of drug-likeness (QED) is 0.433. The average molecular weight is 476 g/mol. The van der Waals surface area contributed by atoms with Gasteiger partial charge in [0.1, 0.15) is 5.75 Å². The van der Waals surface area contributed by atoms with Crippen molar-refractivity contribution in [3.63, 3.8) is 0 Å². The van der Waals surface area contributed by atoms with E-state index < -0.39 is 0 Å². The second-order valence-electron chi connectivity index (χ2n) is 8.04. The molecule has 0 unspecified atom stereocenters. The van der Waals surface area contributed by atoms with E-state index in [9.17, 15) is 9.59 Å². The van der Waals surface area contributed by atoms with Crippen molar-refractivity contribution < 1.29 is 14.3 Å². The summed E-state index contributed by atoms with van der Waals surface area (Å²) < 4.78 is 5.88. The molecule has 32 heavy (non-hydrogen) atoms. The number of thiophene rings is 1. The van der Waals surface area contributed by atoms with Crippen LogP contribution in [-0.2, 0) is 28.3 Å². The molecule has 3 N–H and O–H groups in total. The van der Waals surface area contributed by atoms with Crippen molar-refractivity contribution in [3.05, 3.63) is 51.7 Å². The Hall–Kier alpha value is -2.03. The Morgan fingerprint density at radius 2 is 2.03 bits per heavy atom. The number of hydrogen-bond donors (Lipinski definition) is 2. The van der Waals surface area contributed by atoms with Crippen molar-refractivity contribution in [1.29, 1.82) is 0 Å². The van der Waals surface area contributed by atoms with E-state index in [0.717, 1.165) is 29.2 Å². The van der Waals surface area contributed by atoms with Crippen LogP contribution in [0.3, 0.4) is 0 Å². The zero-order valence-electron chi connectivity index (χ0n) is 18.5. The summed E-state index contributed by atoms with van der Waals surface area (Å²) in [7, 11) is 0. The van der Waals surface area contributed by atoms with Gasteiger partial charge in [-0.25, -0.2) is 0 Å². The van der Waals surface area contributed by atoms with Crippen LogP contribution in [0.4, 0.5) is 0 Å². The second kappa shape index (κ2) is 13.5. The molecule has 6 nitrogen and oxygen atoms in total. The van der Waals surface area contributed by atoms with Crippen LogP contribution < -0.4 is 15.8 Å². The average Bonchev–Trinajstić information content (AvgIpc) is 3.20. The number of thioether (sulfide) groups is 1. The maximum Gasteiger partial charge on any atom is 0.230 e. The van der Waals surface area contributed by atoms with Gasteiger partial charge >= 0.3 is 0 Å². The number of nitrogens with one attached hydrogen (secondary N) is 1. The van der Waals surface area contributed by atoms with Crippen LogP contribution in [0.25, 0.3) is 0 Å². The Labute approximate surface area is 198 Å². The molecule has 8 heteroatoms. The van der Waals surface area contributed by atoms with Gasteiger partial charge in [-0.05, 0) is 67.1 Å². The van der Waals surface area contributed by atoms with E-state index in [1.165, 1.54) is 37.9 Å². The molecule has 174 valence electrons. The molecule has 0 spiro atoms. The normalized spacial score (nSPS) is 14.2. The molecule has 1 fully saturated rings. The van der Waals surface area contributed by atoms with E-state index in [0.29, 0.717) is 24.7 Å². The number of hydrogen-bond acceptors (Lipinski definition) is 6. The highest BCUT2D eigenvalue weighted by molar-refractivity contribution is 7.99. The number of carbonyl (C=O) groups is 2. The molecule has 1 aromatic carbocycles. The van der Waals surface area contributed by atoms with Gasteiger partial charge in [-0.3, -0.25) is 14.5 Å². The number of benzene rings is 1. The number of amides is 2. The minimum absolute atomic E-state index is 0.0199. The minimum Gasteiger partial charge on any atom is -0.494 e. The predicted octanol–water partition coefficient (Wildman–Crippen LogP) is 3.58. The summed E-state index contributed by atoms with van der Waals surface area (Å²) in [4.78, 5) is 26.8. The molecule has 0 aliphatic carbocycles. The molecule has 1 aliphatic rings. The lowest BCUT2D eigenvalue weighted by Crippen LogP contribution is -2.29. The van der Waals surface area contributed by atoms with Gasteiger partial charge in [0.15, 0.2) is 0 Å². The van der Waals surface area contributed by atoms with Gasteiger partial charge in [0.05, 0.1) is 18.8 Å². The number of rotatable bonds is 13. The second-order valence-corrected chi connectivity index (χ2v) is 10.0. The highest BCUT2D eigenvalue weighted by atomic mass is 32.2. The van der Waals surface area contributed by atoms with Crippen molar-refractivity contribution in [1.82, 2.24) is 10.2 Å². The molecule has 2 amide bonds. The van der Waals surface area contributed by atoms with Crippen molar-refractivity contribution >= 4 is 34.9 Å². The summed E-state index contributed by atoms with van der Waals surface area (Å²) >= 11 is 3.14. The van der Waals surface area contributed by atoms with Gasteiger partial charge < -0.3 is 15.8 Å². The SMILES string of the molecule is NC(=O)Cc1ccsc1CSCC(=O)NCCCOc1cccc(CN2CCCCC2)c1. The van der Waals surface area contributed by atoms with E-state index in [4.69, 9.17) is 10.5 Å². The molecule has 2 heterocycles. The van der Waals surface area contributed by atoms with Gasteiger partial charge in [-0.1, -0.05) is 18.6 Å². The molecule has 1 aromatic heterocycles. The number of primary amides is 1. The van der Waals surface area contributed by atoms with Crippen LogP contribution in [0.15, 0.2) is 35.7 Å². The first-order chi connectivity index (χ1) is 15.6. The Morgan fingerprint density at radius 1 is 1.19 bits per heavy atom. The minimum atomic E-state index is -0.330. The van der Waals surface area contributed by atoms with E-state index >= 15 is 0 Å². The Morgan fingerprint density at radius 3 is 2.84 bits per heavy atom. The molecular formula is C24H33N3O3S2. The van der Waals surface area contributed by atoms with Crippen molar-refractivity contribution in [3.8, 4) is 5.75 Å². The van der Waals surface area contributed by atoms with Gasteiger partial charge in [-0.15, -0.1) is 23.1 Å². The van der Waals surface area contributed by atoms with E-state index in [1.54, 1.807) is 23.1 Å². The number of nitrogens with zero attached hydrogens (tertiary/aromatic N) is 1. The molecule has 0 bridgehead atoms.